The predicted octanol–water partition coefficient (Wildman–Crippen LogP) is 10.9. The molecule has 3 aliphatic rings. The number of hydrogen-bond donors (Lipinski definition) is 2. The number of halogens is 3. The van der Waals surface area contributed by atoms with E-state index in [1.54, 1.807) is 0 Å². The molecule has 2 atom stereocenters. The number of fused-ring (bicyclic) bond motifs is 7. The van der Waals surface area contributed by atoms with E-state index in [4.69, 9.17) is 33.2 Å². The molecular formula is C37H43Cl3N4. The van der Waals surface area contributed by atoms with Gasteiger partial charge in [0.25, 0.3) is 0 Å². The summed E-state index contributed by atoms with van der Waals surface area (Å²) in [6.45, 7) is 4.29. The summed E-state index contributed by atoms with van der Waals surface area (Å²) in [5.74, 6) is 1.19. The number of anilines is 2. The van der Waals surface area contributed by atoms with E-state index in [-0.39, 0.29) is 12.4 Å². The number of nitrogens with zero attached hydrogens (tertiary/aromatic N) is 2. The number of pyridine rings is 2. The van der Waals surface area contributed by atoms with Crippen molar-refractivity contribution >= 4 is 68.8 Å². The second-order valence-electron chi connectivity index (χ2n) is 13.0. The molecule has 4 aromatic rings. The lowest BCUT2D eigenvalue weighted by molar-refractivity contribution is 0.433. The number of aromatic nitrogens is 2. The summed E-state index contributed by atoms with van der Waals surface area (Å²) in [6, 6.07) is 12.3. The Balaban J connectivity index is 0.00000343. The third kappa shape index (κ3) is 6.55. The highest BCUT2D eigenvalue weighted by Crippen LogP contribution is 2.47. The summed E-state index contributed by atoms with van der Waals surface area (Å²) >= 11 is 12.7. The van der Waals surface area contributed by atoms with Crippen molar-refractivity contribution in [2.45, 2.75) is 89.9 Å². The van der Waals surface area contributed by atoms with Crippen molar-refractivity contribution < 1.29 is 0 Å². The first-order chi connectivity index (χ1) is 21.0. The van der Waals surface area contributed by atoms with E-state index in [1.807, 2.05) is 24.3 Å². The van der Waals surface area contributed by atoms with Crippen molar-refractivity contribution in [3.05, 3.63) is 80.6 Å². The molecule has 44 heavy (non-hydrogen) atoms. The average Bonchev–Trinajstić information content (AvgIpc) is 2.98. The lowest BCUT2D eigenvalue weighted by Crippen LogP contribution is -2.24. The molecule has 2 heterocycles. The minimum Gasteiger partial charge on any atom is -0.384 e. The predicted molar refractivity (Wildman–Crippen MR) is 190 cm³/mol. The maximum absolute atomic E-state index is 6.38. The second kappa shape index (κ2) is 13.8. The van der Waals surface area contributed by atoms with Crippen LogP contribution in [0.4, 0.5) is 11.4 Å². The van der Waals surface area contributed by atoms with Crippen LogP contribution in [0, 0.1) is 5.92 Å². The molecule has 2 unspecified atom stereocenters. The van der Waals surface area contributed by atoms with Gasteiger partial charge >= 0.3 is 0 Å². The van der Waals surface area contributed by atoms with Crippen LogP contribution in [0.3, 0.4) is 0 Å². The van der Waals surface area contributed by atoms with Crippen molar-refractivity contribution in [2.75, 3.05) is 23.7 Å². The number of nitrogens with one attached hydrogen (secondary N) is 2. The molecule has 7 rings (SSSR count). The molecule has 2 bridgehead atoms. The lowest BCUT2D eigenvalue weighted by Gasteiger charge is -2.36. The smallest absolute Gasteiger partial charge is 0.0741 e. The zero-order chi connectivity index (χ0) is 29.3. The number of unbranched alkanes of at least 4 members (excludes halogenated alkanes) is 4. The standard InChI is InChI=1S/C37H42Cl2N4.ClH/c1-23-17-24-19-25(18-23)35-34(20-24)43-33-22-27(39)12-14-30(33)37(35)41-16-8-4-2-3-7-15-40-36-28-9-5-6-10-31(28)42-32-21-26(38)11-13-29(32)36;/h11-14,17,21-22,24-25H,2-10,15-16,18-20H2,1H3,(H,40,42)(H,41,43);1H. The monoisotopic (exact) mass is 648 g/mol. The Labute approximate surface area is 277 Å². The average molecular weight is 650 g/mol. The van der Waals surface area contributed by atoms with Gasteiger partial charge in [-0.15, -0.1) is 12.4 Å². The van der Waals surface area contributed by atoms with Crippen molar-refractivity contribution in [1.82, 2.24) is 9.97 Å². The van der Waals surface area contributed by atoms with E-state index < -0.39 is 0 Å². The molecule has 7 heteroatoms. The van der Waals surface area contributed by atoms with Gasteiger partial charge in [0, 0.05) is 62.2 Å². The van der Waals surface area contributed by atoms with Gasteiger partial charge in [0.1, 0.15) is 0 Å². The fourth-order valence-corrected chi connectivity index (χ4v) is 8.22. The molecule has 2 aromatic carbocycles. The topological polar surface area (TPSA) is 49.8 Å². The fourth-order valence-electron chi connectivity index (χ4n) is 7.88. The molecular weight excluding hydrogens is 607 g/mol. The fraction of sp³-hybridized carbons (Fsp3) is 0.459. The van der Waals surface area contributed by atoms with Crippen LogP contribution >= 0.6 is 35.6 Å². The number of benzene rings is 2. The molecule has 0 amide bonds. The zero-order valence-corrected chi connectivity index (χ0v) is 28.0. The third-order valence-corrected chi connectivity index (χ3v) is 10.3. The number of allylic oxidation sites excluding steroid dienone is 2. The summed E-state index contributed by atoms with van der Waals surface area (Å²) in [7, 11) is 0. The molecule has 0 saturated carbocycles. The molecule has 0 saturated heterocycles. The van der Waals surface area contributed by atoms with Gasteiger partial charge in [-0.3, -0.25) is 9.97 Å². The summed E-state index contributed by atoms with van der Waals surface area (Å²) < 4.78 is 0. The molecule has 0 spiro atoms. The van der Waals surface area contributed by atoms with E-state index >= 15 is 0 Å². The third-order valence-electron chi connectivity index (χ3n) is 9.79. The minimum atomic E-state index is 0. The van der Waals surface area contributed by atoms with Crippen molar-refractivity contribution in [2.24, 2.45) is 5.92 Å². The van der Waals surface area contributed by atoms with Crippen molar-refractivity contribution in [3.63, 3.8) is 0 Å². The van der Waals surface area contributed by atoms with Gasteiger partial charge in [0.15, 0.2) is 0 Å². The van der Waals surface area contributed by atoms with Crippen LogP contribution in [0.5, 0.6) is 0 Å². The molecule has 232 valence electrons. The normalized spacial score (nSPS) is 18.8. The lowest BCUT2D eigenvalue weighted by atomic mass is 9.71. The number of aryl methyl sites for hydroxylation is 1. The molecule has 0 fully saturated rings. The van der Waals surface area contributed by atoms with Crippen LogP contribution in [0.1, 0.15) is 93.1 Å². The highest BCUT2D eigenvalue weighted by Gasteiger charge is 2.33. The maximum Gasteiger partial charge on any atom is 0.0741 e. The quantitative estimate of drug-likeness (QED) is 0.133. The van der Waals surface area contributed by atoms with Gasteiger partial charge in [-0.2, -0.15) is 0 Å². The summed E-state index contributed by atoms with van der Waals surface area (Å²) in [5, 5.41) is 11.6. The van der Waals surface area contributed by atoms with Crippen LogP contribution in [-0.2, 0) is 19.3 Å². The zero-order valence-electron chi connectivity index (χ0n) is 25.7. The van der Waals surface area contributed by atoms with Gasteiger partial charge in [-0.1, -0.05) is 54.1 Å². The Hall–Kier alpha value is -2.53. The Kier molecular flexibility index (Phi) is 9.90. The first kappa shape index (κ1) is 31.5. The van der Waals surface area contributed by atoms with E-state index in [9.17, 15) is 0 Å². The van der Waals surface area contributed by atoms with Gasteiger partial charge in [-0.05, 0) is 119 Å². The Morgan fingerprint density at radius 2 is 1.36 bits per heavy atom. The molecule has 2 N–H and O–H groups in total. The second-order valence-corrected chi connectivity index (χ2v) is 13.9. The maximum atomic E-state index is 6.38. The molecule has 4 nitrogen and oxygen atoms in total. The van der Waals surface area contributed by atoms with E-state index in [0.717, 1.165) is 59.9 Å². The summed E-state index contributed by atoms with van der Waals surface area (Å²) in [6.07, 6.45) is 16.7. The summed E-state index contributed by atoms with van der Waals surface area (Å²) in [4.78, 5) is 10.1. The van der Waals surface area contributed by atoms with E-state index in [0.29, 0.717) is 11.8 Å². The van der Waals surface area contributed by atoms with Crippen molar-refractivity contribution in [3.8, 4) is 0 Å². The van der Waals surface area contributed by atoms with Gasteiger partial charge in [0.05, 0.1) is 11.0 Å². The van der Waals surface area contributed by atoms with Gasteiger partial charge in [0.2, 0.25) is 0 Å². The van der Waals surface area contributed by atoms with Crippen LogP contribution in [0.25, 0.3) is 21.8 Å². The highest BCUT2D eigenvalue weighted by molar-refractivity contribution is 6.31. The van der Waals surface area contributed by atoms with Crippen LogP contribution in [0.2, 0.25) is 10.0 Å². The Morgan fingerprint density at radius 3 is 2.09 bits per heavy atom. The molecule has 2 aromatic heterocycles. The van der Waals surface area contributed by atoms with Crippen LogP contribution < -0.4 is 10.6 Å². The van der Waals surface area contributed by atoms with Crippen LogP contribution in [-0.4, -0.2) is 23.1 Å². The summed E-state index contributed by atoms with van der Waals surface area (Å²) in [5.41, 5.74) is 11.6. The highest BCUT2D eigenvalue weighted by atomic mass is 35.5. The van der Waals surface area contributed by atoms with E-state index in [2.05, 4.69) is 35.8 Å². The minimum absolute atomic E-state index is 0. The van der Waals surface area contributed by atoms with Crippen molar-refractivity contribution in [1.29, 1.82) is 0 Å². The first-order valence-electron chi connectivity index (χ1n) is 16.4. The number of rotatable bonds is 10. The van der Waals surface area contributed by atoms with Crippen LogP contribution in [0.15, 0.2) is 48.0 Å². The largest absolute Gasteiger partial charge is 0.384 e. The molecule has 0 aliphatic heterocycles. The van der Waals surface area contributed by atoms with Gasteiger partial charge < -0.3 is 10.6 Å². The SMILES string of the molecule is CC1=CC2Cc3nc4cc(Cl)ccc4c(NCCCCCCCNc4c5c(nc6cc(Cl)ccc46)CCCC5)c3C(C1)C2.Cl. The number of hydrogen-bond acceptors (Lipinski definition) is 4. The Bertz CT molecular complexity index is 1700. The molecule has 3 aliphatic carbocycles. The first-order valence-corrected chi connectivity index (χ1v) is 17.2. The Morgan fingerprint density at radius 1 is 0.750 bits per heavy atom. The van der Waals surface area contributed by atoms with E-state index in [1.165, 1.54) is 102 Å². The molecule has 0 radical (unpaired) electrons. The van der Waals surface area contributed by atoms with Gasteiger partial charge in [-0.25, -0.2) is 0 Å².